The van der Waals surface area contributed by atoms with E-state index in [0.29, 0.717) is 11.3 Å². The van der Waals surface area contributed by atoms with E-state index in [-0.39, 0.29) is 5.91 Å². The van der Waals surface area contributed by atoms with E-state index in [9.17, 15) is 4.79 Å². The molecule has 0 fully saturated rings. The van der Waals surface area contributed by atoms with Crippen LogP contribution in [0.2, 0.25) is 0 Å². The van der Waals surface area contributed by atoms with Crippen molar-refractivity contribution in [2.75, 3.05) is 5.32 Å². The number of aromatic amines is 1. The molecule has 5 heteroatoms. The summed E-state index contributed by atoms with van der Waals surface area (Å²) < 4.78 is 5.08. The first-order valence-corrected chi connectivity index (χ1v) is 4.96. The minimum atomic E-state index is -0.182. The topological polar surface area (TPSA) is 70.9 Å². The molecule has 16 heavy (non-hydrogen) atoms. The molecule has 0 bridgehead atoms. The maximum absolute atomic E-state index is 11.9. The number of aromatic nitrogens is 2. The summed E-state index contributed by atoms with van der Waals surface area (Å²) in [6.07, 6.45) is 1.50. The first kappa shape index (κ1) is 10.5. The highest BCUT2D eigenvalue weighted by Crippen LogP contribution is 2.18. The lowest BCUT2D eigenvalue weighted by molar-refractivity contribution is 0.102. The van der Waals surface area contributed by atoms with Crippen molar-refractivity contribution in [3.05, 3.63) is 35.0 Å². The third-order valence-corrected chi connectivity index (χ3v) is 2.47. The SMILES string of the molecule is Cc1n[nH]c(C)c1NC(=O)c1ccoc1C. The minimum Gasteiger partial charge on any atom is -0.469 e. The molecule has 2 rings (SSSR count). The number of anilines is 1. The van der Waals surface area contributed by atoms with Crippen LogP contribution in [0.25, 0.3) is 0 Å². The molecular weight excluding hydrogens is 206 g/mol. The second-order valence-corrected chi connectivity index (χ2v) is 3.65. The minimum absolute atomic E-state index is 0.182. The maximum atomic E-state index is 11.9. The molecule has 2 aromatic rings. The molecule has 0 unspecified atom stereocenters. The lowest BCUT2D eigenvalue weighted by Crippen LogP contribution is -2.13. The van der Waals surface area contributed by atoms with Gasteiger partial charge in [-0.1, -0.05) is 0 Å². The molecule has 0 saturated heterocycles. The fourth-order valence-electron chi connectivity index (χ4n) is 1.54. The standard InChI is InChI=1S/C11H13N3O2/c1-6-10(7(2)14-13-6)12-11(15)9-4-5-16-8(9)3/h4-5H,1-3H3,(H,12,15)(H,13,14). The monoisotopic (exact) mass is 219 g/mol. The van der Waals surface area contributed by atoms with Crippen molar-refractivity contribution in [1.82, 2.24) is 10.2 Å². The van der Waals surface area contributed by atoms with Crippen LogP contribution < -0.4 is 5.32 Å². The third-order valence-electron chi connectivity index (χ3n) is 2.47. The summed E-state index contributed by atoms with van der Waals surface area (Å²) in [5, 5.41) is 9.63. The molecule has 0 saturated carbocycles. The van der Waals surface area contributed by atoms with Gasteiger partial charge in [0, 0.05) is 0 Å². The van der Waals surface area contributed by atoms with Gasteiger partial charge in [0.25, 0.3) is 5.91 Å². The molecule has 2 heterocycles. The molecule has 0 aliphatic rings. The Bertz CT molecular complexity index is 506. The highest BCUT2D eigenvalue weighted by Gasteiger charge is 2.14. The van der Waals surface area contributed by atoms with E-state index in [2.05, 4.69) is 15.5 Å². The molecule has 1 amide bonds. The van der Waals surface area contributed by atoms with E-state index in [0.717, 1.165) is 17.1 Å². The van der Waals surface area contributed by atoms with Gasteiger partial charge in [0.1, 0.15) is 5.76 Å². The number of nitrogens with one attached hydrogen (secondary N) is 2. The second-order valence-electron chi connectivity index (χ2n) is 3.65. The van der Waals surface area contributed by atoms with Gasteiger partial charge in [-0.2, -0.15) is 5.10 Å². The number of nitrogens with zero attached hydrogens (tertiary/aromatic N) is 1. The first-order chi connectivity index (χ1) is 7.59. The van der Waals surface area contributed by atoms with Crippen LogP contribution in [0.3, 0.4) is 0 Å². The van der Waals surface area contributed by atoms with Gasteiger partial charge in [-0.15, -0.1) is 0 Å². The molecule has 84 valence electrons. The summed E-state index contributed by atoms with van der Waals surface area (Å²) in [6, 6.07) is 1.65. The number of furan rings is 1. The molecule has 0 aromatic carbocycles. The summed E-state index contributed by atoms with van der Waals surface area (Å²) in [5.41, 5.74) is 2.88. The van der Waals surface area contributed by atoms with Gasteiger partial charge in [-0.25, -0.2) is 0 Å². The zero-order valence-electron chi connectivity index (χ0n) is 9.42. The molecule has 0 aliphatic heterocycles. The van der Waals surface area contributed by atoms with E-state index in [1.807, 2.05) is 13.8 Å². The van der Waals surface area contributed by atoms with Crippen molar-refractivity contribution in [2.45, 2.75) is 20.8 Å². The molecule has 0 radical (unpaired) electrons. The molecule has 2 N–H and O–H groups in total. The maximum Gasteiger partial charge on any atom is 0.259 e. The fraction of sp³-hybridized carbons (Fsp3) is 0.273. The summed E-state index contributed by atoms with van der Waals surface area (Å²) in [4.78, 5) is 11.9. The smallest absolute Gasteiger partial charge is 0.259 e. The van der Waals surface area contributed by atoms with Crippen LogP contribution in [-0.4, -0.2) is 16.1 Å². The lowest BCUT2D eigenvalue weighted by Gasteiger charge is -2.03. The molecular formula is C11H13N3O2. The van der Waals surface area contributed by atoms with E-state index >= 15 is 0 Å². The average molecular weight is 219 g/mol. The fourth-order valence-corrected chi connectivity index (χ4v) is 1.54. The Morgan fingerprint density at radius 2 is 2.19 bits per heavy atom. The van der Waals surface area contributed by atoms with Crippen molar-refractivity contribution in [3.63, 3.8) is 0 Å². The van der Waals surface area contributed by atoms with Crippen LogP contribution >= 0.6 is 0 Å². The second kappa shape index (κ2) is 3.84. The number of rotatable bonds is 2. The zero-order chi connectivity index (χ0) is 11.7. The Balaban J connectivity index is 2.24. The van der Waals surface area contributed by atoms with Gasteiger partial charge in [0.15, 0.2) is 0 Å². The van der Waals surface area contributed by atoms with Crippen molar-refractivity contribution in [1.29, 1.82) is 0 Å². The number of hydrogen-bond acceptors (Lipinski definition) is 3. The largest absolute Gasteiger partial charge is 0.469 e. The van der Waals surface area contributed by atoms with Gasteiger partial charge in [-0.3, -0.25) is 9.89 Å². The number of aryl methyl sites for hydroxylation is 3. The van der Waals surface area contributed by atoms with Crippen molar-refractivity contribution in [2.24, 2.45) is 0 Å². The Kier molecular flexibility index (Phi) is 2.52. The Labute approximate surface area is 92.9 Å². The molecule has 2 aromatic heterocycles. The van der Waals surface area contributed by atoms with Crippen molar-refractivity contribution in [3.8, 4) is 0 Å². The van der Waals surface area contributed by atoms with Crippen LogP contribution in [0.1, 0.15) is 27.5 Å². The number of hydrogen-bond donors (Lipinski definition) is 2. The Morgan fingerprint density at radius 1 is 1.44 bits per heavy atom. The van der Waals surface area contributed by atoms with Crippen LogP contribution in [0.15, 0.2) is 16.7 Å². The van der Waals surface area contributed by atoms with Crippen LogP contribution in [0.4, 0.5) is 5.69 Å². The molecule has 0 atom stereocenters. The van der Waals surface area contributed by atoms with Crippen molar-refractivity contribution < 1.29 is 9.21 Å². The zero-order valence-corrected chi connectivity index (χ0v) is 9.42. The molecule has 0 spiro atoms. The quantitative estimate of drug-likeness (QED) is 0.813. The Hall–Kier alpha value is -2.04. The van der Waals surface area contributed by atoms with Crippen LogP contribution in [0, 0.1) is 20.8 Å². The molecule has 0 aliphatic carbocycles. The third kappa shape index (κ3) is 1.71. The predicted molar refractivity (Wildman–Crippen MR) is 59.5 cm³/mol. The Morgan fingerprint density at radius 3 is 2.69 bits per heavy atom. The van der Waals surface area contributed by atoms with Gasteiger partial charge in [-0.05, 0) is 26.8 Å². The average Bonchev–Trinajstić information content (AvgIpc) is 2.79. The van der Waals surface area contributed by atoms with E-state index in [4.69, 9.17) is 4.42 Å². The summed E-state index contributed by atoms with van der Waals surface area (Å²) in [6.45, 7) is 5.45. The van der Waals surface area contributed by atoms with E-state index in [1.165, 1.54) is 6.26 Å². The first-order valence-electron chi connectivity index (χ1n) is 4.96. The number of carbonyl (C=O) groups excluding carboxylic acids is 1. The summed E-state index contributed by atoms with van der Waals surface area (Å²) in [5.74, 6) is 0.426. The summed E-state index contributed by atoms with van der Waals surface area (Å²) >= 11 is 0. The van der Waals surface area contributed by atoms with Crippen molar-refractivity contribution >= 4 is 11.6 Å². The number of H-pyrrole nitrogens is 1. The van der Waals surface area contributed by atoms with Crippen LogP contribution in [-0.2, 0) is 0 Å². The van der Waals surface area contributed by atoms with Gasteiger partial charge in [0.2, 0.25) is 0 Å². The van der Waals surface area contributed by atoms with E-state index in [1.54, 1.807) is 13.0 Å². The highest BCUT2D eigenvalue weighted by atomic mass is 16.3. The summed E-state index contributed by atoms with van der Waals surface area (Å²) in [7, 11) is 0. The van der Waals surface area contributed by atoms with Crippen LogP contribution in [0.5, 0.6) is 0 Å². The number of amides is 1. The normalized spacial score (nSPS) is 10.4. The van der Waals surface area contributed by atoms with E-state index < -0.39 is 0 Å². The lowest BCUT2D eigenvalue weighted by atomic mass is 10.2. The van der Waals surface area contributed by atoms with Gasteiger partial charge >= 0.3 is 0 Å². The predicted octanol–water partition coefficient (Wildman–Crippen LogP) is 2.18. The van der Waals surface area contributed by atoms with Gasteiger partial charge < -0.3 is 9.73 Å². The highest BCUT2D eigenvalue weighted by molar-refractivity contribution is 6.05. The molecule has 5 nitrogen and oxygen atoms in total. The number of carbonyl (C=O) groups is 1. The van der Waals surface area contributed by atoms with Gasteiger partial charge in [0.05, 0.1) is 28.9 Å².